The first-order valence-corrected chi connectivity index (χ1v) is 7.73. The minimum Gasteiger partial charge on any atom is -0.391 e. The third-order valence-corrected chi connectivity index (χ3v) is 4.11. The van der Waals surface area contributed by atoms with E-state index in [2.05, 4.69) is 26.1 Å². The highest BCUT2D eigenvalue weighted by molar-refractivity contribution is 5.55. The zero-order valence-electron chi connectivity index (χ0n) is 13.5. The van der Waals surface area contributed by atoms with Crippen LogP contribution >= 0.6 is 0 Å². The lowest BCUT2D eigenvalue weighted by atomic mass is 9.95. The summed E-state index contributed by atoms with van der Waals surface area (Å²) in [5, 5.41) is 13.5. The van der Waals surface area contributed by atoms with Crippen LogP contribution < -0.4 is 10.2 Å². The molecule has 1 heterocycles. The number of hydrogen-bond donors (Lipinski definition) is 2. The fourth-order valence-electron chi connectivity index (χ4n) is 2.67. The van der Waals surface area contributed by atoms with Gasteiger partial charge in [-0.25, -0.2) is 4.39 Å². The van der Waals surface area contributed by atoms with Gasteiger partial charge in [0, 0.05) is 25.2 Å². The minimum atomic E-state index is -0.387. The Labute approximate surface area is 127 Å². The number of rotatable bonds is 3. The minimum absolute atomic E-state index is 0.0144. The normalized spacial score (nSPS) is 23.4. The molecular formula is C17H27FN2O. The predicted molar refractivity (Wildman–Crippen MR) is 85.0 cm³/mol. The van der Waals surface area contributed by atoms with Gasteiger partial charge in [-0.3, -0.25) is 0 Å². The van der Waals surface area contributed by atoms with Crippen LogP contribution in [0.15, 0.2) is 18.2 Å². The van der Waals surface area contributed by atoms with Crippen molar-refractivity contribution in [2.75, 3.05) is 18.0 Å². The van der Waals surface area contributed by atoms with Crippen LogP contribution in [0.3, 0.4) is 0 Å². The Morgan fingerprint density at radius 1 is 1.38 bits per heavy atom. The van der Waals surface area contributed by atoms with Crippen LogP contribution in [0.4, 0.5) is 10.1 Å². The van der Waals surface area contributed by atoms with Gasteiger partial charge < -0.3 is 15.3 Å². The Hall–Kier alpha value is -1.13. The van der Waals surface area contributed by atoms with Crippen molar-refractivity contribution in [3.8, 4) is 0 Å². The molecule has 1 aliphatic rings. The van der Waals surface area contributed by atoms with Crippen molar-refractivity contribution in [1.82, 2.24) is 5.32 Å². The molecule has 0 saturated carbocycles. The van der Waals surface area contributed by atoms with Gasteiger partial charge in [-0.2, -0.15) is 0 Å². The zero-order valence-corrected chi connectivity index (χ0v) is 13.5. The molecule has 118 valence electrons. The molecule has 1 fully saturated rings. The Morgan fingerprint density at radius 3 is 2.71 bits per heavy atom. The molecule has 0 bridgehead atoms. The summed E-state index contributed by atoms with van der Waals surface area (Å²) in [5.74, 6) is 0.0779. The first-order valence-electron chi connectivity index (χ1n) is 7.73. The van der Waals surface area contributed by atoms with Gasteiger partial charge in [0.05, 0.1) is 11.8 Å². The molecule has 4 heteroatoms. The molecular weight excluding hydrogens is 267 g/mol. The van der Waals surface area contributed by atoms with Crippen LogP contribution in [0, 0.1) is 11.7 Å². The number of halogens is 1. The number of anilines is 1. The number of β-amino-alcohol motifs (C(OH)–C–C–N with tert-alkyl or cyclic N) is 1. The Balaban J connectivity index is 2.21. The summed E-state index contributed by atoms with van der Waals surface area (Å²) in [6, 6.07) is 5.21. The van der Waals surface area contributed by atoms with Crippen molar-refractivity contribution < 1.29 is 9.50 Å². The molecule has 2 atom stereocenters. The largest absolute Gasteiger partial charge is 0.391 e. The second kappa shape index (κ2) is 6.32. The SMILES string of the molecule is CC1CCN(c2c(F)cccc2CNC(C)(C)C)CC1O. The van der Waals surface area contributed by atoms with E-state index in [1.165, 1.54) is 6.07 Å². The van der Waals surface area contributed by atoms with Crippen molar-refractivity contribution >= 4 is 5.69 Å². The predicted octanol–water partition coefficient (Wildman–Crippen LogP) is 2.92. The van der Waals surface area contributed by atoms with Crippen LogP contribution in [0.5, 0.6) is 0 Å². The van der Waals surface area contributed by atoms with Crippen molar-refractivity contribution in [3.05, 3.63) is 29.6 Å². The standard InChI is InChI=1S/C17H27FN2O/c1-12-8-9-20(11-15(12)21)16-13(6-5-7-14(16)18)10-19-17(2,3)4/h5-7,12,15,19,21H,8-11H2,1-4H3. The Bertz CT molecular complexity index is 484. The van der Waals surface area contributed by atoms with Gasteiger partial charge in [0.1, 0.15) is 5.82 Å². The van der Waals surface area contributed by atoms with Gasteiger partial charge in [-0.15, -0.1) is 0 Å². The van der Waals surface area contributed by atoms with Crippen LogP contribution in [0.1, 0.15) is 39.7 Å². The van der Waals surface area contributed by atoms with Crippen molar-refractivity contribution in [2.45, 2.75) is 52.3 Å². The summed E-state index contributed by atoms with van der Waals surface area (Å²) < 4.78 is 14.3. The van der Waals surface area contributed by atoms with Crippen LogP contribution in [-0.2, 0) is 6.54 Å². The van der Waals surface area contributed by atoms with Crippen molar-refractivity contribution in [3.63, 3.8) is 0 Å². The lowest BCUT2D eigenvalue weighted by Gasteiger charge is -2.37. The van der Waals surface area contributed by atoms with E-state index in [4.69, 9.17) is 0 Å². The summed E-state index contributed by atoms with van der Waals surface area (Å²) >= 11 is 0. The van der Waals surface area contributed by atoms with Gasteiger partial charge in [0.2, 0.25) is 0 Å². The second-order valence-corrected chi connectivity index (χ2v) is 7.13. The van der Waals surface area contributed by atoms with Gasteiger partial charge in [-0.1, -0.05) is 19.1 Å². The maximum atomic E-state index is 14.3. The molecule has 1 aliphatic heterocycles. The van der Waals surface area contributed by atoms with Gasteiger partial charge in [-0.05, 0) is 44.7 Å². The molecule has 0 aromatic heterocycles. The Morgan fingerprint density at radius 2 is 2.10 bits per heavy atom. The quantitative estimate of drug-likeness (QED) is 0.900. The fraction of sp³-hybridized carbons (Fsp3) is 0.647. The topological polar surface area (TPSA) is 35.5 Å². The molecule has 21 heavy (non-hydrogen) atoms. The molecule has 0 aliphatic carbocycles. The number of nitrogens with zero attached hydrogens (tertiary/aromatic N) is 1. The summed E-state index contributed by atoms with van der Waals surface area (Å²) in [6.45, 7) is 10.3. The third kappa shape index (κ3) is 4.17. The number of aliphatic hydroxyl groups is 1. The van der Waals surface area contributed by atoms with E-state index in [1.807, 2.05) is 17.9 Å². The molecule has 3 nitrogen and oxygen atoms in total. The van der Waals surface area contributed by atoms with E-state index in [9.17, 15) is 9.50 Å². The second-order valence-electron chi connectivity index (χ2n) is 7.13. The van der Waals surface area contributed by atoms with E-state index < -0.39 is 0 Å². The van der Waals surface area contributed by atoms with E-state index in [0.717, 1.165) is 18.5 Å². The van der Waals surface area contributed by atoms with E-state index in [-0.39, 0.29) is 23.4 Å². The Kier molecular flexibility index (Phi) is 4.89. The lowest BCUT2D eigenvalue weighted by molar-refractivity contribution is 0.102. The number of hydrogen-bond acceptors (Lipinski definition) is 3. The number of aliphatic hydroxyl groups excluding tert-OH is 1. The van der Waals surface area contributed by atoms with Gasteiger partial charge in [0.25, 0.3) is 0 Å². The highest BCUT2D eigenvalue weighted by Gasteiger charge is 2.27. The maximum absolute atomic E-state index is 14.3. The number of para-hydroxylation sites is 1. The highest BCUT2D eigenvalue weighted by Crippen LogP contribution is 2.29. The van der Waals surface area contributed by atoms with Crippen LogP contribution in [0.25, 0.3) is 0 Å². The molecule has 0 amide bonds. The summed E-state index contributed by atoms with van der Waals surface area (Å²) in [4.78, 5) is 1.99. The maximum Gasteiger partial charge on any atom is 0.146 e. The molecule has 2 unspecified atom stereocenters. The van der Waals surface area contributed by atoms with Gasteiger partial charge in [0.15, 0.2) is 0 Å². The van der Waals surface area contributed by atoms with Crippen LogP contribution in [0.2, 0.25) is 0 Å². The smallest absolute Gasteiger partial charge is 0.146 e. The average molecular weight is 294 g/mol. The molecule has 2 N–H and O–H groups in total. The lowest BCUT2D eigenvalue weighted by Crippen LogP contribution is -2.44. The molecule has 1 aromatic rings. The molecule has 1 saturated heterocycles. The molecule has 2 rings (SSSR count). The number of piperidine rings is 1. The first-order chi connectivity index (χ1) is 9.78. The summed E-state index contributed by atoms with van der Waals surface area (Å²) in [7, 11) is 0. The molecule has 0 radical (unpaired) electrons. The fourth-order valence-corrected chi connectivity index (χ4v) is 2.67. The number of nitrogens with one attached hydrogen (secondary N) is 1. The first kappa shape index (κ1) is 16.2. The number of benzene rings is 1. The van der Waals surface area contributed by atoms with E-state index in [1.54, 1.807) is 6.07 Å². The zero-order chi connectivity index (χ0) is 15.6. The summed E-state index contributed by atoms with van der Waals surface area (Å²) in [6.07, 6.45) is 0.503. The van der Waals surface area contributed by atoms with E-state index in [0.29, 0.717) is 18.8 Å². The van der Waals surface area contributed by atoms with E-state index >= 15 is 0 Å². The average Bonchev–Trinajstić information content (AvgIpc) is 2.39. The van der Waals surface area contributed by atoms with Crippen molar-refractivity contribution in [1.29, 1.82) is 0 Å². The van der Waals surface area contributed by atoms with Gasteiger partial charge >= 0.3 is 0 Å². The van der Waals surface area contributed by atoms with Crippen LogP contribution in [-0.4, -0.2) is 29.8 Å². The monoisotopic (exact) mass is 294 g/mol. The third-order valence-electron chi connectivity index (χ3n) is 4.11. The molecule has 1 aromatic carbocycles. The highest BCUT2D eigenvalue weighted by atomic mass is 19.1. The van der Waals surface area contributed by atoms with Crippen molar-refractivity contribution in [2.24, 2.45) is 5.92 Å². The molecule has 0 spiro atoms. The summed E-state index contributed by atoms with van der Waals surface area (Å²) in [5.41, 5.74) is 1.58.